The van der Waals surface area contributed by atoms with Gasteiger partial charge in [0.2, 0.25) is 5.91 Å². The number of benzene rings is 1. The molecule has 0 radical (unpaired) electrons. The topological polar surface area (TPSA) is 81.1 Å². The minimum atomic E-state index is -0.181. The van der Waals surface area contributed by atoms with Gasteiger partial charge in [-0.1, -0.05) is 11.3 Å². The Bertz CT molecular complexity index is 624. The Hall–Kier alpha value is -2.41. The van der Waals surface area contributed by atoms with Crippen molar-refractivity contribution in [2.24, 2.45) is 0 Å². The smallest absolute Gasteiger partial charge is 0.246 e. The molecular formula is C14H19N5O2. The molecule has 1 aromatic heterocycles. The molecule has 2 N–H and O–H groups in total. The third-order valence-electron chi connectivity index (χ3n) is 2.88. The van der Waals surface area contributed by atoms with Crippen LogP contribution in [0.15, 0.2) is 24.4 Å². The highest BCUT2D eigenvalue weighted by molar-refractivity contribution is 5.92. The van der Waals surface area contributed by atoms with Gasteiger partial charge in [-0.3, -0.25) is 4.79 Å². The van der Waals surface area contributed by atoms with E-state index in [0.717, 1.165) is 11.3 Å². The number of ether oxygens (including phenoxy) is 1. The lowest BCUT2D eigenvalue weighted by atomic mass is 10.2. The third-order valence-corrected chi connectivity index (χ3v) is 2.88. The number of anilines is 1. The van der Waals surface area contributed by atoms with Gasteiger partial charge >= 0.3 is 0 Å². The Balaban J connectivity index is 2.02. The highest BCUT2D eigenvalue weighted by Crippen LogP contribution is 2.25. The summed E-state index contributed by atoms with van der Waals surface area (Å²) >= 11 is 0. The fraction of sp³-hybridized carbons (Fsp3) is 0.357. The van der Waals surface area contributed by atoms with E-state index in [0.29, 0.717) is 18.0 Å². The summed E-state index contributed by atoms with van der Waals surface area (Å²) in [4.78, 5) is 12.1. The number of aromatic nitrogens is 3. The number of aryl methyl sites for hydroxylation is 1. The van der Waals surface area contributed by atoms with Crippen LogP contribution in [0.5, 0.6) is 5.75 Å². The zero-order valence-corrected chi connectivity index (χ0v) is 12.4. The highest BCUT2D eigenvalue weighted by atomic mass is 16.5. The molecule has 0 saturated carbocycles. The summed E-state index contributed by atoms with van der Waals surface area (Å²) in [7, 11) is 3.40. The summed E-state index contributed by atoms with van der Waals surface area (Å²) in [6.45, 7) is 2.68. The first-order valence-electron chi connectivity index (χ1n) is 6.60. The predicted molar refractivity (Wildman–Crippen MR) is 79.1 cm³/mol. The Morgan fingerprint density at radius 3 is 2.95 bits per heavy atom. The Kier molecular flexibility index (Phi) is 4.89. The molecule has 112 valence electrons. The van der Waals surface area contributed by atoms with E-state index in [1.165, 1.54) is 4.68 Å². The molecule has 0 unspecified atom stereocenters. The Labute approximate surface area is 123 Å². The fourth-order valence-corrected chi connectivity index (χ4v) is 1.93. The van der Waals surface area contributed by atoms with Crippen LogP contribution in [0, 0.1) is 6.92 Å². The quantitative estimate of drug-likeness (QED) is 0.827. The number of carbonyl (C=O) groups excluding carboxylic acids is 1. The van der Waals surface area contributed by atoms with Gasteiger partial charge in [0.05, 0.1) is 24.7 Å². The van der Waals surface area contributed by atoms with Crippen molar-refractivity contribution in [3.05, 3.63) is 35.7 Å². The van der Waals surface area contributed by atoms with Crippen LogP contribution in [0.4, 0.5) is 5.69 Å². The second-order valence-corrected chi connectivity index (χ2v) is 4.69. The van der Waals surface area contributed by atoms with E-state index in [-0.39, 0.29) is 12.5 Å². The summed E-state index contributed by atoms with van der Waals surface area (Å²) < 4.78 is 6.73. The zero-order chi connectivity index (χ0) is 15.2. The van der Waals surface area contributed by atoms with Crippen molar-refractivity contribution in [3.8, 4) is 5.75 Å². The molecule has 2 aromatic rings. The maximum atomic E-state index is 12.1. The average Bonchev–Trinajstić information content (AvgIpc) is 2.86. The first-order chi connectivity index (χ1) is 10.1. The summed E-state index contributed by atoms with van der Waals surface area (Å²) in [6.07, 6.45) is 1.74. The van der Waals surface area contributed by atoms with Crippen molar-refractivity contribution in [3.63, 3.8) is 0 Å². The standard InChI is InChI=1S/C14H19N5O2/c1-10-4-5-13(21-3)12(6-10)16-14(20)9-19-8-11(7-15-2)17-18-19/h4-6,8,15H,7,9H2,1-3H3,(H,16,20). The molecule has 0 aliphatic carbocycles. The Morgan fingerprint density at radius 1 is 1.43 bits per heavy atom. The summed E-state index contributed by atoms with van der Waals surface area (Å²) in [5.41, 5.74) is 2.49. The van der Waals surface area contributed by atoms with Crippen LogP contribution in [-0.4, -0.2) is 35.1 Å². The van der Waals surface area contributed by atoms with Crippen LogP contribution >= 0.6 is 0 Å². The van der Waals surface area contributed by atoms with Gasteiger partial charge in [0.1, 0.15) is 12.3 Å². The lowest BCUT2D eigenvalue weighted by molar-refractivity contribution is -0.116. The zero-order valence-electron chi connectivity index (χ0n) is 12.4. The minimum Gasteiger partial charge on any atom is -0.495 e. The molecule has 7 heteroatoms. The molecule has 0 aliphatic heterocycles. The fourth-order valence-electron chi connectivity index (χ4n) is 1.93. The molecule has 0 fully saturated rings. The van der Waals surface area contributed by atoms with Crippen molar-refractivity contribution in [1.29, 1.82) is 0 Å². The van der Waals surface area contributed by atoms with Crippen molar-refractivity contribution in [2.75, 3.05) is 19.5 Å². The summed E-state index contributed by atoms with van der Waals surface area (Å²) in [5.74, 6) is 0.447. The van der Waals surface area contributed by atoms with Crippen LogP contribution in [0.25, 0.3) is 0 Å². The van der Waals surface area contributed by atoms with Crippen molar-refractivity contribution < 1.29 is 9.53 Å². The number of nitrogens with one attached hydrogen (secondary N) is 2. The molecule has 0 bridgehead atoms. The predicted octanol–water partition coefficient (Wildman–Crippen LogP) is 0.953. The Morgan fingerprint density at radius 2 is 2.24 bits per heavy atom. The van der Waals surface area contributed by atoms with Gasteiger partial charge in [-0.2, -0.15) is 0 Å². The van der Waals surface area contributed by atoms with Gasteiger partial charge in [-0.05, 0) is 31.7 Å². The molecule has 0 saturated heterocycles. The van der Waals surface area contributed by atoms with E-state index in [2.05, 4.69) is 20.9 Å². The molecule has 21 heavy (non-hydrogen) atoms. The van der Waals surface area contributed by atoms with Crippen molar-refractivity contribution in [2.45, 2.75) is 20.0 Å². The highest BCUT2D eigenvalue weighted by Gasteiger charge is 2.09. The van der Waals surface area contributed by atoms with Crippen LogP contribution in [-0.2, 0) is 17.9 Å². The SMILES string of the molecule is CNCc1cn(CC(=O)Nc2cc(C)ccc2OC)nn1. The van der Waals surface area contributed by atoms with Crippen LogP contribution in [0.3, 0.4) is 0 Å². The van der Waals surface area contributed by atoms with Crippen LogP contribution in [0.2, 0.25) is 0 Å². The number of carbonyl (C=O) groups is 1. The monoisotopic (exact) mass is 289 g/mol. The van der Waals surface area contributed by atoms with Gasteiger partial charge in [0.15, 0.2) is 0 Å². The lowest BCUT2D eigenvalue weighted by Crippen LogP contribution is -2.19. The van der Waals surface area contributed by atoms with Gasteiger partial charge in [-0.25, -0.2) is 4.68 Å². The van der Waals surface area contributed by atoms with Gasteiger partial charge in [0.25, 0.3) is 0 Å². The molecule has 0 aliphatic rings. The molecule has 1 heterocycles. The molecule has 0 atom stereocenters. The molecule has 7 nitrogen and oxygen atoms in total. The van der Waals surface area contributed by atoms with E-state index < -0.39 is 0 Å². The van der Waals surface area contributed by atoms with E-state index in [1.54, 1.807) is 13.3 Å². The average molecular weight is 289 g/mol. The third kappa shape index (κ3) is 4.03. The van der Waals surface area contributed by atoms with Crippen LogP contribution < -0.4 is 15.4 Å². The van der Waals surface area contributed by atoms with Gasteiger partial charge < -0.3 is 15.4 Å². The number of nitrogens with zero attached hydrogens (tertiary/aromatic N) is 3. The maximum Gasteiger partial charge on any atom is 0.246 e. The number of hydrogen-bond acceptors (Lipinski definition) is 5. The second-order valence-electron chi connectivity index (χ2n) is 4.69. The molecule has 1 amide bonds. The molecular weight excluding hydrogens is 270 g/mol. The second kappa shape index (κ2) is 6.85. The van der Waals surface area contributed by atoms with Gasteiger partial charge in [-0.15, -0.1) is 5.10 Å². The van der Waals surface area contributed by atoms with E-state index in [1.807, 2.05) is 32.2 Å². The normalized spacial score (nSPS) is 10.4. The molecule has 2 rings (SSSR count). The van der Waals surface area contributed by atoms with E-state index >= 15 is 0 Å². The largest absolute Gasteiger partial charge is 0.495 e. The molecule has 0 spiro atoms. The number of rotatable bonds is 6. The summed E-state index contributed by atoms with van der Waals surface area (Å²) in [5, 5.41) is 13.7. The van der Waals surface area contributed by atoms with Crippen molar-refractivity contribution >= 4 is 11.6 Å². The van der Waals surface area contributed by atoms with E-state index in [9.17, 15) is 4.79 Å². The van der Waals surface area contributed by atoms with Crippen molar-refractivity contribution in [1.82, 2.24) is 20.3 Å². The molecule has 1 aromatic carbocycles. The minimum absolute atomic E-state index is 0.105. The maximum absolute atomic E-state index is 12.1. The lowest BCUT2D eigenvalue weighted by Gasteiger charge is -2.10. The van der Waals surface area contributed by atoms with Gasteiger partial charge in [0, 0.05) is 6.54 Å². The summed E-state index contributed by atoms with van der Waals surface area (Å²) in [6, 6.07) is 5.62. The first kappa shape index (κ1) is 15.0. The number of amides is 1. The first-order valence-corrected chi connectivity index (χ1v) is 6.60. The van der Waals surface area contributed by atoms with Crippen LogP contribution in [0.1, 0.15) is 11.3 Å². The van der Waals surface area contributed by atoms with E-state index in [4.69, 9.17) is 4.74 Å². The number of methoxy groups -OCH3 is 1. The number of hydrogen-bond donors (Lipinski definition) is 2.